The number of anilines is 1. The molecule has 0 aliphatic heterocycles. The van der Waals surface area contributed by atoms with E-state index >= 15 is 0 Å². The fraction of sp³-hybridized carbons (Fsp3) is 0.133. The Bertz CT molecular complexity index is 730. The lowest BCUT2D eigenvalue weighted by Crippen LogP contribution is -2.07. The quantitative estimate of drug-likeness (QED) is 0.790. The number of fused-ring (bicyclic) bond motifs is 1. The fourth-order valence-corrected chi connectivity index (χ4v) is 2.41. The Balaban J connectivity index is 1.95. The molecule has 4 nitrogen and oxygen atoms in total. The Labute approximate surface area is 125 Å². The van der Waals surface area contributed by atoms with Crippen LogP contribution in [0.25, 0.3) is 11.0 Å². The van der Waals surface area contributed by atoms with E-state index in [0.717, 1.165) is 21.2 Å². The molecular weight excluding hydrogens is 316 g/mol. The molecular formula is C15H13BrN4. The third-order valence-electron chi connectivity index (χ3n) is 3.12. The van der Waals surface area contributed by atoms with Crippen LogP contribution in [0.4, 0.5) is 5.69 Å². The van der Waals surface area contributed by atoms with Crippen LogP contribution in [-0.4, -0.2) is 15.0 Å². The number of hydrogen-bond acceptors (Lipinski definition) is 4. The van der Waals surface area contributed by atoms with Crippen molar-refractivity contribution in [3.63, 3.8) is 0 Å². The average Bonchev–Trinajstić information content (AvgIpc) is 2.48. The van der Waals surface area contributed by atoms with E-state index in [4.69, 9.17) is 0 Å². The molecule has 0 saturated heterocycles. The molecule has 3 aromatic rings. The highest BCUT2D eigenvalue weighted by Crippen LogP contribution is 2.25. The minimum atomic E-state index is 0.175. The van der Waals surface area contributed by atoms with Gasteiger partial charge in [0.05, 0.1) is 11.2 Å². The van der Waals surface area contributed by atoms with Gasteiger partial charge in [-0.1, -0.05) is 0 Å². The van der Waals surface area contributed by atoms with Gasteiger partial charge in [0.2, 0.25) is 0 Å². The van der Waals surface area contributed by atoms with Gasteiger partial charge in [-0.25, -0.2) is 0 Å². The third-order valence-corrected chi connectivity index (χ3v) is 3.56. The molecule has 0 bridgehead atoms. The highest BCUT2D eigenvalue weighted by molar-refractivity contribution is 9.10. The second-order valence-corrected chi connectivity index (χ2v) is 5.44. The first kappa shape index (κ1) is 13.0. The van der Waals surface area contributed by atoms with E-state index in [1.807, 2.05) is 24.3 Å². The first-order valence-electron chi connectivity index (χ1n) is 6.31. The lowest BCUT2D eigenvalue weighted by molar-refractivity contribution is 0.881. The van der Waals surface area contributed by atoms with E-state index in [9.17, 15) is 0 Å². The minimum absolute atomic E-state index is 0.175. The first-order chi connectivity index (χ1) is 9.74. The first-order valence-corrected chi connectivity index (χ1v) is 7.10. The Morgan fingerprint density at radius 2 is 1.90 bits per heavy atom. The van der Waals surface area contributed by atoms with Gasteiger partial charge in [0, 0.05) is 35.3 Å². The van der Waals surface area contributed by atoms with E-state index in [1.54, 1.807) is 24.8 Å². The maximum absolute atomic E-state index is 4.44. The van der Waals surface area contributed by atoms with Gasteiger partial charge < -0.3 is 5.32 Å². The van der Waals surface area contributed by atoms with Crippen molar-refractivity contribution in [3.8, 4) is 0 Å². The van der Waals surface area contributed by atoms with Crippen molar-refractivity contribution in [1.29, 1.82) is 0 Å². The highest BCUT2D eigenvalue weighted by Gasteiger charge is 2.09. The predicted molar refractivity (Wildman–Crippen MR) is 83.5 cm³/mol. The maximum atomic E-state index is 4.44. The van der Waals surface area contributed by atoms with Crippen molar-refractivity contribution in [1.82, 2.24) is 15.0 Å². The predicted octanol–water partition coefficient (Wildman–Crippen LogP) is 3.96. The summed E-state index contributed by atoms with van der Waals surface area (Å²) in [5, 5.41) is 3.48. The van der Waals surface area contributed by atoms with Crippen LogP contribution < -0.4 is 5.32 Å². The summed E-state index contributed by atoms with van der Waals surface area (Å²) in [6, 6.07) is 8.09. The highest BCUT2D eigenvalue weighted by atomic mass is 79.9. The Kier molecular flexibility index (Phi) is 3.60. The molecule has 0 amide bonds. The molecule has 1 N–H and O–H groups in total. The van der Waals surface area contributed by atoms with E-state index in [-0.39, 0.29) is 6.04 Å². The van der Waals surface area contributed by atoms with Crippen LogP contribution in [0.2, 0.25) is 0 Å². The zero-order chi connectivity index (χ0) is 13.9. The summed E-state index contributed by atoms with van der Waals surface area (Å²) in [6.07, 6.45) is 7.17. The lowest BCUT2D eigenvalue weighted by atomic mass is 10.1. The molecule has 0 aliphatic carbocycles. The molecule has 0 spiro atoms. The molecule has 3 aromatic heterocycles. The van der Waals surface area contributed by atoms with Gasteiger partial charge in [0.1, 0.15) is 5.52 Å². The summed E-state index contributed by atoms with van der Waals surface area (Å²) in [4.78, 5) is 12.8. The molecule has 1 atom stereocenters. The van der Waals surface area contributed by atoms with Gasteiger partial charge >= 0.3 is 0 Å². The summed E-state index contributed by atoms with van der Waals surface area (Å²) >= 11 is 3.41. The molecule has 0 radical (unpaired) electrons. The third kappa shape index (κ3) is 2.63. The second-order valence-electron chi connectivity index (χ2n) is 4.53. The molecule has 3 heterocycles. The Morgan fingerprint density at radius 1 is 1.10 bits per heavy atom. The van der Waals surface area contributed by atoms with Crippen molar-refractivity contribution in [2.75, 3.05) is 5.32 Å². The zero-order valence-electron chi connectivity index (χ0n) is 10.9. The summed E-state index contributed by atoms with van der Waals surface area (Å²) in [7, 11) is 0. The summed E-state index contributed by atoms with van der Waals surface area (Å²) in [5.74, 6) is 0. The van der Waals surface area contributed by atoms with Crippen LogP contribution in [0.1, 0.15) is 18.5 Å². The Morgan fingerprint density at radius 3 is 2.70 bits per heavy atom. The van der Waals surface area contributed by atoms with E-state index < -0.39 is 0 Å². The fourth-order valence-electron chi connectivity index (χ4n) is 2.09. The number of rotatable bonds is 3. The van der Waals surface area contributed by atoms with Gasteiger partial charge in [-0.2, -0.15) is 0 Å². The van der Waals surface area contributed by atoms with Crippen molar-refractivity contribution >= 4 is 32.7 Å². The molecule has 0 aliphatic rings. The number of aromatic nitrogens is 3. The topological polar surface area (TPSA) is 50.7 Å². The number of pyridine rings is 3. The van der Waals surface area contributed by atoms with E-state index in [2.05, 4.69) is 43.1 Å². The second kappa shape index (κ2) is 5.54. The molecule has 3 rings (SSSR count). The van der Waals surface area contributed by atoms with E-state index in [0.29, 0.717) is 0 Å². The van der Waals surface area contributed by atoms with Gasteiger partial charge in [0.25, 0.3) is 0 Å². The number of nitrogens with zero attached hydrogens (tertiary/aromatic N) is 3. The van der Waals surface area contributed by atoms with E-state index in [1.165, 1.54) is 5.56 Å². The summed E-state index contributed by atoms with van der Waals surface area (Å²) in [6.45, 7) is 2.11. The number of halogens is 1. The zero-order valence-corrected chi connectivity index (χ0v) is 12.5. The summed E-state index contributed by atoms with van der Waals surface area (Å²) in [5.41, 5.74) is 3.90. The van der Waals surface area contributed by atoms with Crippen LogP contribution in [0.3, 0.4) is 0 Å². The molecule has 0 saturated carbocycles. The molecule has 0 aromatic carbocycles. The lowest BCUT2D eigenvalue weighted by Gasteiger charge is -2.16. The molecule has 20 heavy (non-hydrogen) atoms. The summed E-state index contributed by atoms with van der Waals surface area (Å²) < 4.78 is 0.928. The molecule has 5 heteroatoms. The smallest absolute Gasteiger partial charge is 0.112 e. The van der Waals surface area contributed by atoms with Crippen molar-refractivity contribution in [2.45, 2.75) is 13.0 Å². The van der Waals surface area contributed by atoms with Gasteiger partial charge in [-0.3, -0.25) is 15.0 Å². The minimum Gasteiger partial charge on any atom is -0.377 e. The molecule has 0 fully saturated rings. The number of nitrogens with one attached hydrogen (secondary N) is 1. The van der Waals surface area contributed by atoms with Crippen LogP contribution >= 0.6 is 15.9 Å². The van der Waals surface area contributed by atoms with Gasteiger partial charge in [-0.15, -0.1) is 0 Å². The van der Waals surface area contributed by atoms with Gasteiger partial charge in [0.15, 0.2) is 0 Å². The Hall–Kier alpha value is -2.01. The van der Waals surface area contributed by atoms with Crippen LogP contribution in [0, 0.1) is 0 Å². The van der Waals surface area contributed by atoms with Crippen LogP contribution in [0.15, 0.2) is 53.5 Å². The van der Waals surface area contributed by atoms with Crippen LogP contribution in [0.5, 0.6) is 0 Å². The van der Waals surface area contributed by atoms with Crippen molar-refractivity contribution in [2.24, 2.45) is 0 Å². The maximum Gasteiger partial charge on any atom is 0.112 e. The standard InChI is InChI=1S/C15H13BrN4/c1-10(11-2-5-17-6-3-11)20-13-4-7-18-14-8-12(16)9-19-15(13)14/h2-10H,1H3,(H,18,20). The average molecular weight is 329 g/mol. The normalized spacial score (nSPS) is 12.3. The molecule has 100 valence electrons. The van der Waals surface area contributed by atoms with Crippen molar-refractivity contribution < 1.29 is 0 Å². The van der Waals surface area contributed by atoms with Crippen LogP contribution in [-0.2, 0) is 0 Å². The van der Waals surface area contributed by atoms with Gasteiger partial charge in [-0.05, 0) is 52.7 Å². The monoisotopic (exact) mass is 328 g/mol. The number of hydrogen-bond donors (Lipinski definition) is 1. The largest absolute Gasteiger partial charge is 0.377 e. The molecule has 1 unspecified atom stereocenters. The SMILES string of the molecule is CC(Nc1ccnc2cc(Br)cnc12)c1ccncc1. The van der Waals surface area contributed by atoms with Crippen molar-refractivity contribution in [3.05, 3.63) is 59.1 Å².